The Morgan fingerprint density at radius 2 is 1.95 bits per heavy atom. The van der Waals surface area contributed by atoms with Gasteiger partial charge in [-0.15, -0.1) is 0 Å². The molecule has 0 aliphatic heterocycles. The molecule has 0 aliphatic rings. The van der Waals surface area contributed by atoms with Crippen molar-refractivity contribution in [3.05, 3.63) is 46.7 Å². The van der Waals surface area contributed by atoms with Crippen LogP contribution in [0.15, 0.2) is 30.3 Å². The minimum atomic E-state index is 0.0360. The Balaban J connectivity index is 2.23. The molecule has 4 N–H and O–H groups in total. The monoisotopic (exact) mass is 291 g/mol. The molecule has 0 radical (unpaired) electrons. The average molecular weight is 292 g/mol. The SMILES string of the molecule is CCc1nc(NN)cc(NC(C)c2ccccc2Cl)n1. The first-order valence-corrected chi connectivity index (χ1v) is 6.87. The number of hydrogen-bond donors (Lipinski definition) is 3. The van der Waals surface area contributed by atoms with Crippen molar-refractivity contribution in [1.82, 2.24) is 9.97 Å². The average Bonchev–Trinajstić information content (AvgIpc) is 2.47. The van der Waals surface area contributed by atoms with Crippen LogP contribution < -0.4 is 16.6 Å². The van der Waals surface area contributed by atoms with Crippen LogP contribution in [0.1, 0.15) is 31.3 Å². The number of aromatic nitrogens is 2. The fourth-order valence-electron chi connectivity index (χ4n) is 1.93. The zero-order chi connectivity index (χ0) is 14.5. The van der Waals surface area contributed by atoms with Crippen LogP contribution >= 0.6 is 11.6 Å². The summed E-state index contributed by atoms with van der Waals surface area (Å²) in [5.41, 5.74) is 3.57. The van der Waals surface area contributed by atoms with Crippen LogP contribution in [0.25, 0.3) is 0 Å². The van der Waals surface area contributed by atoms with Crippen molar-refractivity contribution in [2.24, 2.45) is 5.84 Å². The van der Waals surface area contributed by atoms with Crippen LogP contribution in [-0.2, 0) is 6.42 Å². The first-order valence-electron chi connectivity index (χ1n) is 6.49. The maximum Gasteiger partial charge on any atom is 0.145 e. The highest BCUT2D eigenvalue weighted by atomic mass is 35.5. The van der Waals surface area contributed by atoms with Gasteiger partial charge in [-0.3, -0.25) is 0 Å². The molecule has 1 atom stereocenters. The smallest absolute Gasteiger partial charge is 0.145 e. The first-order chi connectivity index (χ1) is 9.63. The van der Waals surface area contributed by atoms with Crippen molar-refractivity contribution in [1.29, 1.82) is 0 Å². The molecule has 0 amide bonds. The summed E-state index contributed by atoms with van der Waals surface area (Å²) >= 11 is 6.20. The largest absolute Gasteiger partial charge is 0.363 e. The zero-order valence-corrected chi connectivity index (χ0v) is 12.3. The van der Waals surface area contributed by atoms with E-state index in [2.05, 4.69) is 20.7 Å². The Hall–Kier alpha value is -1.85. The summed E-state index contributed by atoms with van der Waals surface area (Å²) in [6.45, 7) is 4.03. The van der Waals surface area contributed by atoms with Crippen LogP contribution in [0.5, 0.6) is 0 Å². The minimum absolute atomic E-state index is 0.0360. The number of hydrogen-bond acceptors (Lipinski definition) is 5. The molecule has 6 heteroatoms. The third-order valence-corrected chi connectivity index (χ3v) is 3.32. The standard InChI is InChI=1S/C14H18ClN5/c1-3-12-18-13(8-14(19-12)20-16)17-9(2)10-6-4-5-7-11(10)15/h4-9H,3,16H2,1-2H3,(H2,17,18,19,20). The minimum Gasteiger partial charge on any atom is -0.363 e. The van der Waals surface area contributed by atoms with E-state index in [0.29, 0.717) is 5.82 Å². The van der Waals surface area contributed by atoms with Crippen molar-refractivity contribution in [2.75, 3.05) is 10.7 Å². The lowest BCUT2D eigenvalue weighted by molar-refractivity contribution is 0.857. The van der Waals surface area contributed by atoms with E-state index in [0.717, 1.165) is 28.6 Å². The summed E-state index contributed by atoms with van der Waals surface area (Å²) < 4.78 is 0. The second-order valence-electron chi connectivity index (χ2n) is 4.44. The lowest BCUT2D eigenvalue weighted by Gasteiger charge is -2.17. The Morgan fingerprint density at radius 1 is 1.25 bits per heavy atom. The van der Waals surface area contributed by atoms with Gasteiger partial charge in [-0.2, -0.15) is 0 Å². The zero-order valence-electron chi connectivity index (χ0n) is 11.5. The molecule has 5 nitrogen and oxygen atoms in total. The number of halogens is 1. The number of nitrogens with two attached hydrogens (primary N) is 1. The molecule has 1 aromatic heterocycles. The number of aryl methyl sites for hydroxylation is 1. The molecule has 1 heterocycles. The number of benzene rings is 1. The third-order valence-electron chi connectivity index (χ3n) is 2.97. The van der Waals surface area contributed by atoms with Crippen molar-refractivity contribution < 1.29 is 0 Å². The van der Waals surface area contributed by atoms with E-state index in [9.17, 15) is 0 Å². The highest BCUT2D eigenvalue weighted by Gasteiger charge is 2.11. The molecule has 0 saturated carbocycles. The third kappa shape index (κ3) is 3.37. The predicted octanol–water partition coefficient (Wildman–Crippen LogP) is 3.15. The Kier molecular flexibility index (Phi) is 4.76. The summed E-state index contributed by atoms with van der Waals surface area (Å²) in [5, 5.41) is 4.05. The van der Waals surface area contributed by atoms with Crippen LogP contribution in [0.3, 0.4) is 0 Å². The highest BCUT2D eigenvalue weighted by Crippen LogP contribution is 2.25. The fourth-order valence-corrected chi connectivity index (χ4v) is 2.23. The molecular weight excluding hydrogens is 274 g/mol. The molecule has 0 bridgehead atoms. The van der Waals surface area contributed by atoms with Gasteiger partial charge < -0.3 is 10.7 Å². The van der Waals surface area contributed by atoms with Gasteiger partial charge in [-0.1, -0.05) is 36.7 Å². The summed E-state index contributed by atoms with van der Waals surface area (Å²) in [7, 11) is 0. The van der Waals surface area contributed by atoms with E-state index in [1.54, 1.807) is 6.07 Å². The number of anilines is 2. The number of nitrogens with zero attached hydrogens (tertiary/aromatic N) is 2. The Morgan fingerprint density at radius 3 is 2.60 bits per heavy atom. The van der Waals surface area contributed by atoms with Crippen molar-refractivity contribution in [3.8, 4) is 0 Å². The molecule has 2 aromatic rings. The molecule has 2 rings (SSSR count). The molecule has 0 fully saturated rings. The normalized spacial score (nSPS) is 12.0. The van der Waals surface area contributed by atoms with Gasteiger partial charge in [0.1, 0.15) is 17.5 Å². The van der Waals surface area contributed by atoms with Gasteiger partial charge in [0.25, 0.3) is 0 Å². The van der Waals surface area contributed by atoms with E-state index < -0.39 is 0 Å². The summed E-state index contributed by atoms with van der Waals surface area (Å²) in [5.74, 6) is 7.46. The molecule has 0 aliphatic carbocycles. The number of hydrazine groups is 1. The van der Waals surface area contributed by atoms with Crippen molar-refractivity contribution in [3.63, 3.8) is 0 Å². The maximum absolute atomic E-state index is 6.20. The van der Waals surface area contributed by atoms with Gasteiger partial charge in [0.15, 0.2) is 0 Å². The van der Waals surface area contributed by atoms with Crippen molar-refractivity contribution in [2.45, 2.75) is 26.3 Å². The quantitative estimate of drug-likeness (QED) is 0.583. The van der Waals surface area contributed by atoms with E-state index in [4.69, 9.17) is 17.4 Å². The van der Waals surface area contributed by atoms with Crippen LogP contribution in [-0.4, -0.2) is 9.97 Å². The molecule has 106 valence electrons. The second-order valence-corrected chi connectivity index (χ2v) is 4.85. The van der Waals surface area contributed by atoms with Gasteiger partial charge in [0.05, 0.1) is 6.04 Å². The summed E-state index contributed by atoms with van der Waals surface area (Å²) in [6.07, 6.45) is 0.741. The molecule has 0 saturated heterocycles. The number of nitrogens with one attached hydrogen (secondary N) is 2. The number of nitrogen functional groups attached to an aromatic ring is 1. The van der Waals surface area contributed by atoms with E-state index in [-0.39, 0.29) is 6.04 Å². The molecule has 1 unspecified atom stereocenters. The van der Waals surface area contributed by atoms with Crippen molar-refractivity contribution >= 4 is 23.2 Å². The number of rotatable bonds is 5. The summed E-state index contributed by atoms with van der Waals surface area (Å²) in [6, 6.07) is 9.54. The van der Waals surface area contributed by atoms with E-state index in [1.165, 1.54) is 0 Å². The van der Waals surface area contributed by atoms with Crippen LogP contribution in [0, 0.1) is 0 Å². The van der Waals surface area contributed by atoms with Gasteiger partial charge in [-0.25, -0.2) is 15.8 Å². The molecular formula is C14H18ClN5. The lowest BCUT2D eigenvalue weighted by Crippen LogP contribution is -2.13. The Bertz CT molecular complexity index is 565. The van der Waals surface area contributed by atoms with E-state index >= 15 is 0 Å². The topological polar surface area (TPSA) is 75.9 Å². The van der Waals surface area contributed by atoms with Crippen LogP contribution in [0.4, 0.5) is 11.6 Å². The predicted molar refractivity (Wildman–Crippen MR) is 82.7 cm³/mol. The van der Waals surface area contributed by atoms with Gasteiger partial charge in [0.2, 0.25) is 0 Å². The molecule has 1 aromatic carbocycles. The Labute approximate surface area is 123 Å². The maximum atomic E-state index is 6.20. The highest BCUT2D eigenvalue weighted by molar-refractivity contribution is 6.31. The molecule has 0 spiro atoms. The second kappa shape index (κ2) is 6.54. The van der Waals surface area contributed by atoms with E-state index in [1.807, 2.05) is 38.1 Å². The summed E-state index contributed by atoms with van der Waals surface area (Å²) in [4.78, 5) is 8.69. The lowest BCUT2D eigenvalue weighted by atomic mass is 10.1. The fraction of sp³-hybridized carbons (Fsp3) is 0.286. The van der Waals surface area contributed by atoms with Gasteiger partial charge >= 0.3 is 0 Å². The van der Waals surface area contributed by atoms with Crippen LogP contribution in [0.2, 0.25) is 5.02 Å². The first kappa shape index (κ1) is 14.6. The molecule has 20 heavy (non-hydrogen) atoms. The van der Waals surface area contributed by atoms with Gasteiger partial charge in [-0.05, 0) is 18.6 Å². The van der Waals surface area contributed by atoms with Gasteiger partial charge in [0, 0.05) is 17.5 Å².